The highest BCUT2D eigenvalue weighted by Crippen LogP contribution is 2.40. The number of hydrogen-bond donors (Lipinski definition) is 1. The van der Waals surface area contributed by atoms with Crippen molar-refractivity contribution in [1.82, 2.24) is 5.32 Å². The Hall–Kier alpha value is -2.96. The summed E-state index contributed by atoms with van der Waals surface area (Å²) in [6.45, 7) is 16.5. The minimum absolute atomic E-state index is 0.202. The summed E-state index contributed by atoms with van der Waals surface area (Å²) in [7, 11) is 0. The maximum absolute atomic E-state index is 13.7. The predicted octanol–water partition coefficient (Wildman–Crippen LogP) is 4.49. The molecule has 3 atom stereocenters. The van der Waals surface area contributed by atoms with E-state index < -0.39 is 41.3 Å². The van der Waals surface area contributed by atoms with Gasteiger partial charge in [-0.25, -0.2) is 4.79 Å². The van der Waals surface area contributed by atoms with Crippen molar-refractivity contribution in [2.24, 2.45) is 16.8 Å². The van der Waals surface area contributed by atoms with Gasteiger partial charge >= 0.3 is 11.9 Å². The van der Waals surface area contributed by atoms with E-state index in [0.717, 1.165) is 11.1 Å². The first kappa shape index (κ1) is 27.3. The van der Waals surface area contributed by atoms with Crippen LogP contribution >= 0.6 is 0 Å². The Morgan fingerprint density at radius 3 is 2.29 bits per heavy atom. The molecule has 0 saturated heterocycles. The van der Waals surface area contributed by atoms with Gasteiger partial charge in [-0.2, -0.15) is 0 Å². The molecule has 7 nitrogen and oxygen atoms in total. The number of benzene rings is 1. The van der Waals surface area contributed by atoms with Gasteiger partial charge in [0.2, 0.25) is 5.91 Å². The number of carbonyl (C=O) groups is 3. The van der Waals surface area contributed by atoms with Crippen molar-refractivity contribution in [2.75, 3.05) is 6.61 Å². The second kappa shape index (κ2) is 11.0. The van der Waals surface area contributed by atoms with Crippen LogP contribution in [0.15, 0.2) is 40.5 Å². The minimum atomic E-state index is -0.849. The van der Waals surface area contributed by atoms with Crippen LogP contribution in [0.3, 0.4) is 0 Å². The van der Waals surface area contributed by atoms with E-state index in [4.69, 9.17) is 9.47 Å². The number of aliphatic imine (C=N–C) groups is 1. The van der Waals surface area contributed by atoms with Gasteiger partial charge in [-0.15, -0.1) is 0 Å². The predicted molar refractivity (Wildman–Crippen MR) is 132 cm³/mol. The molecule has 0 aliphatic carbocycles. The number of aryl methyl sites for hydroxylation is 1. The molecule has 3 unspecified atom stereocenters. The second-order valence-corrected chi connectivity index (χ2v) is 10.1. The first-order valence-corrected chi connectivity index (χ1v) is 11.8. The van der Waals surface area contributed by atoms with Crippen molar-refractivity contribution in [3.05, 3.63) is 46.7 Å². The van der Waals surface area contributed by atoms with Gasteiger partial charge in [0.15, 0.2) is 0 Å². The topological polar surface area (TPSA) is 94.1 Å². The molecular formula is C27H38N2O5. The van der Waals surface area contributed by atoms with Crippen LogP contribution < -0.4 is 5.32 Å². The number of amides is 1. The normalized spacial score (nSPS) is 19.4. The van der Waals surface area contributed by atoms with Gasteiger partial charge in [0.1, 0.15) is 17.6 Å². The Morgan fingerprint density at radius 1 is 1.12 bits per heavy atom. The van der Waals surface area contributed by atoms with E-state index in [-0.39, 0.29) is 12.5 Å². The summed E-state index contributed by atoms with van der Waals surface area (Å²) >= 11 is 0. The lowest BCUT2D eigenvalue weighted by Gasteiger charge is -2.33. The van der Waals surface area contributed by atoms with Crippen molar-refractivity contribution in [2.45, 2.75) is 79.9 Å². The van der Waals surface area contributed by atoms with Crippen LogP contribution in [-0.4, -0.2) is 41.8 Å². The molecule has 1 aromatic rings. The van der Waals surface area contributed by atoms with Crippen LogP contribution in [0.2, 0.25) is 0 Å². The first-order chi connectivity index (χ1) is 15.8. The smallest absolute Gasteiger partial charge is 0.329 e. The lowest BCUT2D eigenvalue weighted by molar-refractivity contribution is -0.159. The zero-order chi connectivity index (χ0) is 25.8. The first-order valence-electron chi connectivity index (χ1n) is 11.8. The summed E-state index contributed by atoms with van der Waals surface area (Å²) in [4.78, 5) is 44.1. The van der Waals surface area contributed by atoms with Crippen LogP contribution in [0.4, 0.5) is 0 Å². The lowest BCUT2D eigenvalue weighted by Crippen LogP contribution is -2.49. The molecule has 0 aromatic heterocycles. The van der Waals surface area contributed by atoms with E-state index in [1.807, 2.05) is 45.0 Å². The molecule has 0 saturated carbocycles. The molecule has 1 heterocycles. The molecule has 186 valence electrons. The van der Waals surface area contributed by atoms with Crippen molar-refractivity contribution in [1.29, 1.82) is 0 Å². The molecule has 0 radical (unpaired) electrons. The third kappa shape index (κ3) is 6.55. The number of nitrogens with zero attached hydrogens (tertiary/aromatic N) is 1. The number of carbonyl (C=O) groups excluding carboxylic acids is 3. The molecule has 1 aromatic carbocycles. The number of ether oxygens (including phenoxy) is 2. The standard InChI is InChI=1S/C27H38N2O5/c1-10-33-25(31)21-18(6)28-17(5)20(22(21)19-13-11-12-16(4)14-19)24(30)29-23(15(2)3)26(32)34-27(7,8)9/h11-15,21-23H,10H2,1-9H3,(H,29,30). The maximum atomic E-state index is 13.7. The Labute approximate surface area is 203 Å². The maximum Gasteiger partial charge on any atom is 0.329 e. The second-order valence-electron chi connectivity index (χ2n) is 10.1. The molecular weight excluding hydrogens is 432 g/mol. The van der Waals surface area contributed by atoms with Gasteiger partial charge in [0.05, 0.1) is 6.61 Å². The fourth-order valence-corrected chi connectivity index (χ4v) is 4.18. The highest BCUT2D eigenvalue weighted by atomic mass is 16.6. The third-order valence-corrected chi connectivity index (χ3v) is 5.63. The van der Waals surface area contributed by atoms with E-state index in [0.29, 0.717) is 17.0 Å². The van der Waals surface area contributed by atoms with E-state index in [9.17, 15) is 14.4 Å². The van der Waals surface area contributed by atoms with Gasteiger partial charge in [0, 0.05) is 22.9 Å². The highest BCUT2D eigenvalue weighted by molar-refractivity contribution is 6.08. The van der Waals surface area contributed by atoms with Gasteiger partial charge in [0.25, 0.3) is 0 Å². The molecule has 0 bridgehead atoms. The summed E-state index contributed by atoms with van der Waals surface area (Å²) in [5.74, 6) is -2.92. The van der Waals surface area contributed by atoms with Gasteiger partial charge in [-0.3, -0.25) is 14.6 Å². The largest absolute Gasteiger partial charge is 0.465 e. The highest BCUT2D eigenvalue weighted by Gasteiger charge is 2.42. The van der Waals surface area contributed by atoms with Crippen molar-refractivity contribution < 1.29 is 23.9 Å². The molecule has 7 heteroatoms. The number of hydrogen-bond acceptors (Lipinski definition) is 6. The summed E-state index contributed by atoms with van der Waals surface area (Å²) < 4.78 is 10.9. The molecule has 1 aliphatic rings. The summed E-state index contributed by atoms with van der Waals surface area (Å²) in [6, 6.07) is 6.87. The molecule has 1 aliphatic heterocycles. The zero-order valence-electron chi connectivity index (χ0n) is 21.8. The van der Waals surface area contributed by atoms with Crippen molar-refractivity contribution in [3.8, 4) is 0 Å². The Kier molecular flexibility index (Phi) is 8.81. The molecule has 0 fully saturated rings. The molecule has 1 amide bonds. The van der Waals surface area contributed by atoms with Gasteiger partial charge < -0.3 is 14.8 Å². The van der Waals surface area contributed by atoms with Gasteiger partial charge in [-0.05, 0) is 59.9 Å². The molecule has 2 rings (SSSR count). The minimum Gasteiger partial charge on any atom is -0.465 e. The van der Waals surface area contributed by atoms with Crippen LogP contribution in [0, 0.1) is 18.8 Å². The number of esters is 2. The average Bonchev–Trinajstić information content (AvgIpc) is 2.69. The SMILES string of the molecule is CCOC(=O)C1C(C)=NC(C)=C(C(=O)NC(C(=O)OC(C)(C)C)C(C)C)C1c1cccc(C)c1. The van der Waals surface area contributed by atoms with Crippen LogP contribution in [0.5, 0.6) is 0 Å². The number of allylic oxidation sites excluding steroid dienone is 1. The van der Waals surface area contributed by atoms with Crippen molar-refractivity contribution >= 4 is 23.6 Å². The fraction of sp³-hybridized carbons (Fsp3) is 0.556. The van der Waals surface area contributed by atoms with Crippen LogP contribution in [0.25, 0.3) is 0 Å². The monoisotopic (exact) mass is 470 g/mol. The summed E-state index contributed by atoms with van der Waals surface area (Å²) in [5.41, 5.74) is 2.58. The molecule has 0 spiro atoms. The lowest BCUT2D eigenvalue weighted by atomic mass is 9.75. The Balaban J connectivity index is 2.55. The number of rotatable bonds is 7. The third-order valence-electron chi connectivity index (χ3n) is 5.63. The van der Waals surface area contributed by atoms with E-state index in [1.54, 1.807) is 41.5 Å². The Bertz CT molecular complexity index is 1000. The van der Waals surface area contributed by atoms with Gasteiger partial charge in [-0.1, -0.05) is 43.7 Å². The van der Waals surface area contributed by atoms with E-state index in [1.165, 1.54) is 0 Å². The van der Waals surface area contributed by atoms with Crippen LogP contribution in [0.1, 0.15) is 72.4 Å². The van der Waals surface area contributed by atoms with E-state index >= 15 is 0 Å². The fourth-order valence-electron chi connectivity index (χ4n) is 4.18. The van der Waals surface area contributed by atoms with E-state index in [2.05, 4.69) is 10.3 Å². The molecule has 1 N–H and O–H groups in total. The zero-order valence-corrected chi connectivity index (χ0v) is 21.8. The Morgan fingerprint density at radius 2 is 1.76 bits per heavy atom. The molecule has 34 heavy (non-hydrogen) atoms. The summed E-state index contributed by atoms with van der Waals surface area (Å²) in [5, 5.41) is 2.87. The van der Waals surface area contributed by atoms with Crippen molar-refractivity contribution in [3.63, 3.8) is 0 Å². The number of nitrogens with one attached hydrogen (secondary N) is 1. The van der Waals surface area contributed by atoms with Crippen LogP contribution in [-0.2, 0) is 23.9 Å². The summed E-state index contributed by atoms with van der Waals surface area (Å²) in [6.07, 6.45) is 0. The average molecular weight is 471 g/mol. The quantitative estimate of drug-likeness (QED) is 0.593.